The van der Waals surface area contributed by atoms with Gasteiger partial charge in [-0.3, -0.25) is 9.55 Å². The third kappa shape index (κ3) is 6.22. The van der Waals surface area contributed by atoms with Crippen molar-refractivity contribution in [3.05, 3.63) is 169 Å². The number of imidazole rings is 1. The summed E-state index contributed by atoms with van der Waals surface area (Å²) in [6.07, 6.45) is 6.21. The van der Waals surface area contributed by atoms with Gasteiger partial charge < -0.3 is 5.11 Å². The van der Waals surface area contributed by atoms with Gasteiger partial charge >= 0.3 is 0 Å². The minimum Gasteiger partial charge on any atom is -0.507 e. The van der Waals surface area contributed by atoms with E-state index in [4.69, 9.17) is 9.97 Å². The number of hydrogen-bond acceptors (Lipinski definition) is 3. The third-order valence-electron chi connectivity index (χ3n) is 9.81. The first kappa shape index (κ1) is 32.6. The molecule has 0 unspecified atom stereocenters. The molecule has 2 heterocycles. The third-order valence-corrected chi connectivity index (χ3v) is 9.81. The van der Waals surface area contributed by atoms with E-state index in [2.05, 4.69) is 120 Å². The van der Waals surface area contributed by atoms with Crippen LogP contribution in [0.25, 0.3) is 72.7 Å². The molecular weight excluding hydrogens is 806 g/mol. The molecule has 0 fully saturated rings. The predicted molar refractivity (Wildman–Crippen MR) is 203 cm³/mol. The number of para-hydroxylation sites is 2. The number of pyridine rings is 1. The van der Waals surface area contributed by atoms with Gasteiger partial charge in [0.05, 0.1) is 16.6 Å². The van der Waals surface area contributed by atoms with E-state index in [1.54, 1.807) is 0 Å². The fourth-order valence-corrected chi connectivity index (χ4v) is 7.33. The topological polar surface area (TPSA) is 50.9 Å². The van der Waals surface area contributed by atoms with Crippen molar-refractivity contribution < 1.29 is 26.2 Å². The molecule has 0 saturated carbocycles. The summed E-state index contributed by atoms with van der Waals surface area (Å²) in [7, 11) is 0. The van der Waals surface area contributed by atoms with Gasteiger partial charge in [0.15, 0.2) is 0 Å². The van der Waals surface area contributed by atoms with Crippen molar-refractivity contribution >= 4 is 11.0 Å². The summed E-state index contributed by atoms with van der Waals surface area (Å²) in [6, 6.07) is 53.9. The maximum atomic E-state index is 11.5. The first-order chi connectivity index (χ1) is 24.7. The van der Waals surface area contributed by atoms with E-state index in [-0.39, 0.29) is 26.8 Å². The molecule has 4 nitrogen and oxygen atoms in total. The molecule has 9 rings (SSSR count). The maximum absolute atomic E-state index is 11.5. The Balaban J connectivity index is 0.00000374. The Morgan fingerprint density at radius 2 is 1.22 bits per heavy atom. The zero-order chi connectivity index (χ0) is 33.4. The molecule has 1 aliphatic carbocycles. The molecule has 0 bridgehead atoms. The zero-order valence-corrected chi connectivity index (χ0v) is 30.1. The summed E-state index contributed by atoms with van der Waals surface area (Å²) in [5, 5.41) is 11.5. The van der Waals surface area contributed by atoms with Crippen LogP contribution in [0.1, 0.15) is 24.0 Å². The Morgan fingerprint density at radius 1 is 0.569 bits per heavy atom. The molecule has 0 aliphatic heterocycles. The number of aromatic hydroxyl groups is 1. The summed E-state index contributed by atoms with van der Waals surface area (Å²) in [5.74, 6) is 0.991. The van der Waals surface area contributed by atoms with E-state index >= 15 is 0 Å². The zero-order valence-electron chi connectivity index (χ0n) is 27.9. The maximum Gasteiger partial charge on any atom is 0.148 e. The summed E-state index contributed by atoms with van der Waals surface area (Å²) >= 11 is 0. The number of hydrogen-bond donors (Lipinski definition) is 1. The molecule has 6 aromatic carbocycles. The van der Waals surface area contributed by atoms with Crippen LogP contribution in [0.3, 0.4) is 0 Å². The summed E-state index contributed by atoms with van der Waals surface area (Å²) in [6.45, 7) is 0. The van der Waals surface area contributed by atoms with Crippen LogP contribution in [0.2, 0.25) is 0 Å². The summed E-state index contributed by atoms with van der Waals surface area (Å²) < 4.78 is 2.18. The van der Waals surface area contributed by atoms with Crippen LogP contribution in [0.4, 0.5) is 0 Å². The molecule has 0 radical (unpaired) electrons. The van der Waals surface area contributed by atoms with E-state index in [1.807, 2.05) is 42.6 Å². The van der Waals surface area contributed by atoms with E-state index in [0.29, 0.717) is 0 Å². The molecule has 1 aliphatic rings. The van der Waals surface area contributed by atoms with Gasteiger partial charge in [-0.1, -0.05) is 114 Å². The number of phenolic OH excluding ortho intramolecular Hbond substituents is 1. The first-order valence-corrected chi connectivity index (χ1v) is 17.3. The van der Waals surface area contributed by atoms with Crippen LogP contribution in [0.5, 0.6) is 5.75 Å². The van der Waals surface area contributed by atoms with Crippen LogP contribution in [-0.4, -0.2) is 19.6 Å². The average molecular weight is 840 g/mol. The summed E-state index contributed by atoms with van der Waals surface area (Å²) in [4.78, 5) is 10.2. The fraction of sp³-hybridized carbons (Fsp3) is 0.0870. The largest absolute Gasteiger partial charge is 0.507 e. The SMILES string of the molecule is Oc1cc2c(cc1-c1nc3c(-c4[c-]c(-c5cc(-c6ccccc6)ccn5)cc(-c5ccccc5)c4)cccc3n1-c1ccccc1)CCCC2.[Pt]. The Hall–Kier alpha value is -5.57. The summed E-state index contributed by atoms with van der Waals surface area (Å²) in [5.41, 5.74) is 14.2. The van der Waals surface area contributed by atoms with Crippen molar-refractivity contribution in [2.75, 3.05) is 0 Å². The van der Waals surface area contributed by atoms with Crippen LogP contribution in [0, 0.1) is 6.07 Å². The second-order valence-corrected chi connectivity index (χ2v) is 13.0. The van der Waals surface area contributed by atoms with Crippen LogP contribution < -0.4 is 0 Å². The van der Waals surface area contributed by atoms with Crippen molar-refractivity contribution in [1.29, 1.82) is 0 Å². The average Bonchev–Trinajstić information content (AvgIpc) is 3.58. The van der Waals surface area contributed by atoms with Gasteiger partial charge in [0.25, 0.3) is 0 Å². The van der Waals surface area contributed by atoms with E-state index in [0.717, 1.165) is 98.4 Å². The number of rotatable bonds is 6. The van der Waals surface area contributed by atoms with Crippen molar-refractivity contribution in [3.8, 4) is 67.5 Å². The Bertz CT molecular complexity index is 2490. The number of aryl methyl sites for hydroxylation is 2. The number of fused-ring (bicyclic) bond motifs is 2. The Kier molecular flexibility index (Phi) is 8.94. The monoisotopic (exact) mass is 839 g/mol. The second-order valence-electron chi connectivity index (χ2n) is 13.0. The first-order valence-electron chi connectivity index (χ1n) is 17.3. The molecular formula is C46H34N3OPt-. The number of aromatic nitrogens is 3. The van der Waals surface area contributed by atoms with Gasteiger partial charge in [0.2, 0.25) is 0 Å². The molecule has 8 aromatic rings. The number of benzene rings is 6. The molecule has 2 aromatic heterocycles. The molecule has 0 amide bonds. The van der Waals surface area contributed by atoms with E-state index < -0.39 is 0 Å². The minimum atomic E-state index is 0. The standard InChI is InChI=1S/C46H34N3O.Pt/c50-44-30-34-18-11-10-17-33(34)28-41(44)46-48-45-40(21-12-22-43(45)49(46)39-19-8-3-9-20-39)37-25-36(32-15-6-2-7-16-32)26-38(27-37)42-29-35(23-24-47-42)31-13-4-1-5-14-31;/h1-9,12-16,19-26,28-30,50H,10-11,17-18H2;/q-1;. The van der Waals surface area contributed by atoms with Gasteiger partial charge in [0, 0.05) is 38.6 Å². The quantitative estimate of drug-likeness (QED) is 0.170. The van der Waals surface area contributed by atoms with E-state index in [1.165, 1.54) is 11.1 Å². The molecule has 0 saturated heterocycles. The molecule has 0 spiro atoms. The Morgan fingerprint density at radius 3 is 1.94 bits per heavy atom. The van der Waals surface area contributed by atoms with Crippen LogP contribution in [0.15, 0.2) is 152 Å². The van der Waals surface area contributed by atoms with Gasteiger partial charge in [-0.15, -0.1) is 23.8 Å². The van der Waals surface area contributed by atoms with Gasteiger partial charge in [-0.25, -0.2) is 4.98 Å². The molecule has 1 N–H and O–H groups in total. The number of phenols is 1. The van der Waals surface area contributed by atoms with Crippen molar-refractivity contribution in [2.45, 2.75) is 25.7 Å². The van der Waals surface area contributed by atoms with Crippen LogP contribution in [-0.2, 0) is 33.9 Å². The predicted octanol–water partition coefficient (Wildman–Crippen LogP) is 11.1. The minimum absolute atomic E-state index is 0. The normalized spacial score (nSPS) is 12.3. The van der Waals surface area contributed by atoms with Crippen LogP contribution >= 0.6 is 0 Å². The van der Waals surface area contributed by atoms with Gasteiger partial charge in [0.1, 0.15) is 11.6 Å². The second kappa shape index (κ2) is 14.0. The molecule has 51 heavy (non-hydrogen) atoms. The Labute approximate surface area is 312 Å². The fourth-order valence-electron chi connectivity index (χ4n) is 7.33. The van der Waals surface area contributed by atoms with Gasteiger partial charge in [-0.2, -0.15) is 0 Å². The molecule has 0 atom stereocenters. The number of nitrogens with zero attached hydrogens (tertiary/aromatic N) is 3. The van der Waals surface area contributed by atoms with Gasteiger partial charge in [-0.05, 0) is 89.9 Å². The smallest absolute Gasteiger partial charge is 0.148 e. The molecule has 5 heteroatoms. The van der Waals surface area contributed by atoms with E-state index in [9.17, 15) is 5.11 Å². The van der Waals surface area contributed by atoms with Crippen molar-refractivity contribution in [2.24, 2.45) is 0 Å². The van der Waals surface area contributed by atoms with Crippen molar-refractivity contribution in [3.63, 3.8) is 0 Å². The van der Waals surface area contributed by atoms with Crippen molar-refractivity contribution in [1.82, 2.24) is 14.5 Å². The molecule has 250 valence electrons.